The predicted octanol–water partition coefficient (Wildman–Crippen LogP) is 2.86. The minimum atomic E-state index is 0.278. The van der Waals surface area contributed by atoms with Gasteiger partial charge >= 0.3 is 0 Å². The maximum Gasteiger partial charge on any atom is 0.244 e. The Kier molecular flexibility index (Phi) is 3.59. The zero-order valence-corrected chi connectivity index (χ0v) is 14.0. The monoisotopic (exact) mass is 336 g/mol. The van der Waals surface area contributed by atoms with Crippen molar-refractivity contribution >= 4 is 0 Å². The second kappa shape index (κ2) is 6.07. The highest BCUT2D eigenvalue weighted by Gasteiger charge is 2.34. The van der Waals surface area contributed by atoms with Gasteiger partial charge in [-0.05, 0) is 50.3 Å². The maximum absolute atomic E-state index is 5.59. The van der Waals surface area contributed by atoms with Gasteiger partial charge in [0.15, 0.2) is 0 Å². The van der Waals surface area contributed by atoms with Crippen molar-refractivity contribution in [3.8, 4) is 17.2 Å². The SMILES string of the molecule is c1cn(-c2ccc(-c3noc(C4CCCN4CC4CC4)n3)cn2)cn1. The van der Waals surface area contributed by atoms with Crippen LogP contribution in [0.25, 0.3) is 17.2 Å². The summed E-state index contributed by atoms with van der Waals surface area (Å²) in [6, 6.07) is 4.18. The van der Waals surface area contributed by atoms with Crippen LogP contribution in [-0.2, 0) is 0 Å². The normalized spacial score (nSPS) is 21.0. The lowest BCUT2D eigenvalue weighted by Crippen LogP contribution is -2.25. The zero-order valence-electron chi connectivity index (χ0n) is 14.0. The first-order valence-electron chi connectivity index (χ1n) is 8.89. The summed E-state index contributed by atoms with van der Waals surface area (Å²) in [4.78, 5) is 15.7. The Morgan fingerprint density at radius 3 is 2.92 bits per heavy atom. The van der Waals surface area contributed by atoms with E-state index in [0.29, 0.717) is 5.82 Å². The fraction of sp³-hybridized carbons (Fsp3) is 0.444. The van der Waals surface area contributed by atoms with Gasteiger partial charge in [0.2, 0.25) is 11.7 Å². The molecule has 0 bridgehead atoms. The summed E-state index contributed by atoms with van der Waals surface area (Å²) in [7, 11) is 0. The van der Waals surface area contributed by atoms with Gasteiger partial charge in [0, 0.05) is 30.7 Å². The van der Waals surface area contributed by atoms with E-state index in [4.69, 9.17) is 4.52 Å². The first kappa shape index (κ1) is 14.8. The van der Waals surface area contributed by atoms with Crippen LogP contribution in [0, 0.1) is 5.92 Å². The van der Waals surface area contributed by atoms with Gasteiger partial charge in [-0.25, -0.2) is 9.97 Å². The van der Waals surface area contributed by atoms with E-state index in [0.717, 1.165) is 36.2 Å². The van der Waals surface area contributed by atoms with E-state index in [9.17, 15) is 0 Å². The van der Waals surface area contributed by atoms with E-state index >= 15 is 0 Å². The second-order valence-electron chi connectivity index (χ2n) is 6.93. The van der Waals surface area contributed by atoms with Crippen LogP contribution in [0.4, 0.5) is 0 Å². The van der Waals surface area contributed by atoms with Gasteiger partial charge in [0.1, 0.15) is 12.1 Å². The summed E-state index contributed by atoms with van der Waals surface area (Å²) >= 11 is 0. The quantitative estimate of drug-likeness (QED) is 0.713. The molecule has 2 fully saturated rings. The Labute approximate surface area is 145 Å². The first-order valence-corrected chi connectivity index (χ1v) is 8.89. The molecule has 3 aromatic rings. The highest BCUT2D eigenvalue weighted by Crippen LogP contribution is 2.37. The fourth-order valence-corrected chi connectivity index (χ4v) is 3.51. The summed E-state index contributed by atoms with van der Waals surface area (Å²) in [5, 5.41) is 4.18. The van der Waals surface area contributed by atoms with Crippen LogP contribution in [0.15, 0.2) is 41.6 Å². The van der Waals surface area contributed by atoms with Crippen LogP contribution >= 0.6 is 0 Å². The Hall–Kier alpha value is -2.54. The summed E-state index contributed by atoms with van der Waals surface area (Å²) in [5.74, 6) is 3.05. The smallest absolute Gasteiger partial charge is 0.244 e. The van der Waals surface area contributed by atoms with E-state index in [1.165, 1.54) is 25.8 Å². The molecule has 1 aliphatic heterocycles. The van der Waals surface area contributed by atoms with Crippen molar-refractivity contribution in [1.82, 2.24) is 29.6 Å². The van der Waals surface area contributed by atoms with Crippen molar-refractivity contribution in [3.05, 3.63) is 42.9 Å². The zero-order chi connectivity index (χ0) is 16.6. The van der Waals surface area contributed by atoms with Crippen molar-refractivity contribution in [2.75, 3.05) is 13.1 Å². The molecule has 0 amide bonds. The molecule has 1 atom stereocenters. The minimum Gasteiger partial charge on any atom is -0.337 e. The third kappa shape index (κ3) is 2.95. The Morgan fingerprint density at radius 1 is 1.20 bits per heavy atom. The summed E-state index contributed by atoms with van der Waals surface area (Å²) < 4.78 is 7.45. The highest BCUT2D eigenvalue weighted by molar-refractivity contribution is 5.53. The highest BCUT2D eigenvalue weighted by atomic mass is 16.5. The van der Waals surface area contributed by atoms with Gasteiger partial charge in [0.05, 0.1) is 6.04 Å². The molecule has 4 heterocycles. The summed E-state index contributed by atoms with van der Waals surface area (Å²) in [5.41, 5.74) is 0.866. The lowest BCUT2D eigenvalue weighted by molar-refractivity contribution is 0.201. The van der Waals surface area contributed by atoms with Gasteiger partial charge in [0.25, 0.3) is 0 Å². The Morgan fingerprint density at radius 2 is 2.16 bits per heavy atom. The predicted molar refractivity (Wildman–Crippen MR) is 90.9 cm³/mol. The number of likely N-dealkylation sites (tertiary alicyclic amines) is 1. The average Bonchev–Trinajstić information content (AvgIpc) is 3.08. The Balaban J connectivity index is 1.35. The minimum absolute atomic E-state index is 0.278. The van der Waals surface area contributed by atoms with E-state index < -0.39 is 0 Å². The molecular formula is C18H20N6O. The third-order valence-electron chi connectivity index (χ3n) is 5.06. The third-order valence-corrected chi connectivity index (χ3v) is 5.06. The molecule has 1 saturated carbocycles. The number of hydrogen-bond acceptors (Lipinski definition) is 6. The number of imidazole rings is 1. The molecule has 0 radical (unpaired) electrons. The van der Waals surface area contributed by atoms with Crippen LogP contribution in [-0.4, -0.2) is 42.7 Å². The largest absolute Gasteiger partial charge is 0.337 e. The molecule has 1 saturated heterocycles. The van der Waals surface area contributed by atoms with Gasteiger partial charge in [-0.15, -0.1) is 0 Å². The molecule has 25 heavy (non-hydrogen) atoms. The molecule has 7 nitrogen and oxygen atoms in total. The van der Waals surface area contributed by atoms with E-state index in [2.05, 4.69) is 25.0 Å². The second-order valence-corrected chi connectivity index (χ2v) is 6.93. The van der Waals surface area contributed by atoms with Crippen molar-refractivity contribution in [2.45, 2.75) is 31.7 Å². The molecule has 1 aliphatic carbocycles. The average molecular weight is 336 g/mol. The van der Waals surface area contributed by atoms with Crippen LogP contribution in [0.5, 0.6) is 0 Å². The number of hydrogen-bond donors (Lipinski definition) is 0. The summed E-state index contributed by atoms with van der Waals surface area (Å²) in [6.45, 7) is 2.31. The number of nitrogens with zero attached hydrogens (tertiary/aromatic N) is 6. The molecule has 0 spiro atoms. The maximum atomic E-state index is 5.59. The van der Waals surface area contributed by atoms with Gasteiger partial charge in [-0.3, -0.25) is 9.47 Å². The lowest BCUT2D eigenvalue weighted by Gasteiger charge is -2.20. The number of aromatic nitrogens is 5. The van der Waals surface area contributed by atoms with Crippen molar-refractivity contribution in [1.29, 1.82) is 0 Å². The van der Waals surface area contributed by atoms with Crippen molar-refractivity contribution < 1.29 is 4.52 Å². The van der Waals surface area contributed by atoms with Crippen LogP contribution in [0.2, 0.25) is 0 Å². The van der Waals surface area contributed by atoms with Crippen LogP contribution in [0.1, 0.15) is 37.6 Å². The fourth-order valence-electron chi connectivity index (χ4n) is 3.51. The molecular weight excluding hydrogens is 316 g/mol. The molecule has 1 unspecified atom stereocenters. The van der Waals surface area contributed by atoms with Gasteiger partial charge in [-0.2, -0.15) is 4.98 Å². The molecule has 5 rings (SSSR count). The summed E-state index contributed by atoms with van der Waals surface area (Å²) in [6.07, 6.45) is 12.1. The molecule has 128 valence electrons. The Bertz CT molecular complexity index is 837. The molecule has 0 aromatic carbocycles. The van der Waals surface area contributed by atoms with Gasteiger partial charge in [-0.1, -0.05) is 5.16 Å². The van der Waals surface area contributed by atoms with E-state index in [1.54, 1.807) is 18.7 Å². The standard InChI is InChI=1S/C18H20N6O/c1-2-15(23(8-1)11-13-3-4-13)18-21-17(22-25-18)14-5-6-16(20-10-14)24-9-7-19-12-24/h5-7,9-10,12-13,15H,1-4,8,11H2. The number of rotatable bonds is 5. The number of pyridine rings is 1. The van der Waals surface area contributed by atoms with E-state index in [1.807, 2.05) is 22.9 Å². The molecule has 0 N–H and O–H groups in total. The molecule has 7 heteroatoms. The van der Waals surface area contributed by atoms with E-state index in [-0.39, 0.29) is 6.04 Å². The van der Waals surface area contributed by atoms with Crippen LogP contribution < -0.4 is 0 Å². The molecule has 3 aromatic heterocycles. The van der Waals surface area contributed by atoms with Crippen molar-refractivity contribution in [2.24, 2.45) is 5.92 Å². The topological polar surface area (TPSA) is 72.9 Å². The van der Waals surface area contributed by atoms with Crippen molar-refractivity contribution in [3.63, 3.8) is 0 Å². The molecule has 2 aliphatic rings. The van der Waals surface area contributed by atoms with Gasteiger partial charge < -0.3 is 4.52 Å². The lowest BCUT2D eigenvalue weighted by atomic mass is 10.2. The van der Waals surface area contributed by atoms with Crippen LogP contribution in [0.3, 0.4) is 0 Å². The first-order chi connectivity index (χ1) is 12.4.